The Labute approximate surface area is 101 Å². The molecule has 1 aliphatic rings. The predicted octanol–water partition coefficient (Wildman–Crippen LogP) is 1.92. The summed E-state index contributed by atoms with van der Waals surface area (Å²) in [5, 5.41) is 0. The minimum absolute atomic E-state index is 0.169. The molecule has 5 heteroatoms. The molecule has 0 atom stereocenters. The number of ether oxygens (including phenoxy) is 2. The zero-order chi connectivity index (χ0) is 12.3. The molecule has 0 N–H and O–H groups in total. The van der Waals surface area contributed by atoms with E-state index in [0.29, 0.717) is 24.5 Å². The maximum Gasteiger partial charge on any atom is 0.184 e. The van der Waals surface area contributed by atoms with Crippen molar-refractivity contribution in [3.05, 3.63) is 29.8 Å². The van der Waals surface area contributed by atoms with Gasteiger partial charge in [0.2, 0.25) is 0 Å². The number of hydrogen-bond donors (Lipinski definition) is 0. The summed E-state index contributed by atoms with van der Waals surface area (Å²) >= 11 is 0. The highest BCUT2D eigenvalue weighted by atomic mass is 32.2. The molecule has 0 aliphatic carbocycles. The molecular formula is C12H16O4S. The second kappa shape index (κ2) is 5.16. The van der Waals surface area contributed by atoms with Crippen LogP contribution in [0.1, 0.15) is 25.2 Å². The molecule has 0 radical (unpaired) electrons. The van der Waals surface area contributed by atoms with Crippen molar-refractivity contribution < 1.29 is 17.9 Å². The molecule has 1 aliphatic heterocycles. The lowest BCUT2D eigenvalue weighted by Crippen LogP contribution is -2.07. The van der Waals surface area contributed by atoms with Crippen LogP contribution in [0.25, 0.3) is 0 Å². The summed E-state index contributed by atoms with van der Waals surface area (Å²) in [7, 11) is -3.17. The third-order valence-electron chi connectivity index (χ3n) is 2.58. The Morgan fingerprint density at radius 1 is 1.29 bits per heavy atom. The zero-order valence-electron chi connectivity index (χ0n) is 9.76. The van der Waals surface area contributed by atoms with E-state index in [9.17, 15) is 8.42 Å². The average Bonchev–Trinajstić information content (AvgIpc) is 2.82. The number of rotatable bonds is 4. The first-order chi connectivity index (χ1) is 8.13. The second-order valence-electron chi connectivity index (χ2n) is 3.96. The highest BCUT2D eigenvalue weighted by Crippen LogP contribution is 2.25. The smallest absolute Gasteiger partial charge is 0.184 e. The van der Waals surface area contributed by atoms with Crippen LogP contribution in [0.3, 0.4) is 0 Å². The van der Waals surface area contributed by atoms with Crippen LogP contribution in [0.5, 0.6) is 0 Å². The van der Waals surface area contributed by atoms with Gasteiger partial charge in [-0.25, -0.2) is 8.42 Å². The molecule has 0 aromatic heterocycles. The van der Waals surface area contributed by atoms with Gasteiger partial charge in [-0.1, -0.05) is 19.1 Å². The summed E-state index contributed by atoms with van der Waals surface area (Å²) in [6.45, 7) is 2.96. The Morgan fingerprint density at radius 3 is 2.65 bits per heavy atom. The Hall–Kier alpha value is -0.910. The van der Waals surface area contributed by atoms with Gasteiger partial charge in [-0.2, -0.15) is 0 Å². The first-order valence-corrected chi connectivity index (χ1v) is 7.34. The minimum atomic E-state index is -3.17. The fourth-order valence-electron chi connectivity index (χ4n) is 1.79. The van der Waals surface area contributed by atoms with Crippen molar-refractivity contribution in [2.75, 3.05) is 19.0 Å². The third-order valence-corrected chi connectivity index (χ3v) is 4.50. The van der Waals surface area contributed by atoms with E-state index in [0.717, 1.165) is 5.56 Å². The maximum atomic E-state index is 11.9. The van der Waals surface area contributed by atoms with E-state index < -0.39 is 16.1 Å². The van der Waals surface area contributed by atoms with Gasteiger partial charge in [0.1, 0.15) is 0 Å². The summed E-state index contributed by atoms with van der Waals surface area (Å²) in [5.41, 5.74) is 0.764. The molecule has 1 heterocycles. The van der Waals surface area contributed by atoms with Gasteiger partial charge in [-0.05, 0) is 18.6 Å². The van der Waals surface area contributed by atoms with E-state index in [1.807, 2.05) is 13.0 Å². The monoisotopic (exact) mass is 256 g/mol. The molecule has 0 saturated carbocycles. The van der Waals surface area contributed by atoms with Crippen LogP contribution < -0.4 is 0 Å². The molecule has 1 aromatic rings. The van der Waals surface area contributed by atoms with Crippen LogP contribution in [-0.2, 0) is 19.3 Å². The first-order valence-electron chi connectivity index (χ1n) is 5.69. The van der Waals surface area contributed by atoms with Crippen LogP contribution in [0.15, 0.2) is 29.2 Å². The van der Waals surface area contributed by atoms with Crippen molar-refractivity contribution in [1.82, 2.24) is 0 Å². The minimum Gasteiger partial charge on any atom is -0.346 e. The van der Waals surface area contributed by atoms with Gasteiger partial charge >= 0.3 is 0 Å². The second-order valence-corrected chi connectivity index (χ2v) is 6.07. The normalized spacial score (nSPS) is 17.5. The van der Waals surface area contributed by atoms with Crippen molar-refractivity contribution in [3.8, 4) is 0 Å². The number of benzene rings is 1. The van der Waals surface area contributed by atoms with Gasteiger partial charge in [0.05, 0.1) is 23.9 Å². The Balaban J connectivity index is 2.28. The van der Waals surface area contributed by atoms with Gasteiger partial charge in [0.25, 0.3) is 0 Å². The third kappa shape index (κ3) is 2.86. The molecule has 0 bridgehead atoms. The lowest BCUT2D eigenvalue weighted by Gasteiger charge is -2.11. The van der Waals surface area contributed by atoms with E-state index in [1.54, 1.807) is 18.2 Å². The number of sulfone groups is 1. The Bertz CT molecular complexity index is 475. The predicted molar refractivity (Wildman–Crippen MR) is 63.4 cm³/mol. The standard InChI is InChI=1S/C12H16O4S/c1-2-8-17(13,14)11-5-3-4-10(9-11)12-15-6-7-16-12/h3-5,9,12H,2,6-8H2,1H3. The zero-order valence-corrected chi connectivity index (χ0v) is 10.6. The lowest BCUT2D eigenvalue weighted by atomic mass is 10.2. The highest BCUT2D eigenvalue weighted by Gasteiger charge is 2.20. The maximum absolute atomic E-state index is 11.9. The van der Waals surface area contributed by atoms with E-state index >= 15 is 0 Å². The molecular weight excluding hydrogens is 240 g/mol. The van der Waals surface area contributed by atoms with Crippen LogP contribution in [0.4, 0.5) is 0 Å². The lowest BCUT2D eigenvalue weighted by molar-refractivity contribution is -0.0442. The van der Waals surface area contributed by atoms with Gasteiger partial charge in [-0.3, -0.25) is 0 Å². The van der Waals surface area contributed by atoms with Crippen LogP contribution >= 0.6 is 0 Å². The van der Waals surface area contributed by atoms with Crippen molar-refractivity contribution >= 4 is 9.84 Å². The molecule has 4 nitrogen and oxygen atoms in total. The van der Waals surface area contributed by atoms with Crippen LogP contribution in [0.2, 0.25) is 0 Å². The molecule has 1 saturated heterocycles. The van der Waals surface area contributed by atoms with Crippen molar-refractivity contribution in [1.29, 1.82) is 0 Å². The van der Waals surface area contributed by atoms with Gasteiger partial charge in [0.15, 0.2) is 16.1 Å². The Kier molecular flexibility index (Phi) is 3.81. The van der Waals surface area contributed by atoms with Crippen molar-refractivity contribution in [2.24, 2.45) is 0 Å². The summed E-state index contributed by atoms with van der Waals surface area (Å²) < 4.78 is 34.5. The van der Waals surface area contributed by atoms with Crippen molar-refractivity contribution in [2.45, 2.75) is 24.5 Å². The van der Waals surface area contributed by atoms with Gasteiger partial charge in [-0.15, -0.1) is 0 Å². The molecule has 2 rings (SSSR count). The number of hydrogen-bond acceptors (Lipinski definition) is 4. The van der Waals surface area contributed by atoms with Gasteiger partial charge in [0, 0.05) is 5.56 Å². The summed E-state index contributed by atoms with van der Waals surface area (Å²) in [5.74, 6) is 0.169. The molecule has 0 amide bonds. The van der Waals surface area contributed by atoms with E-state index in [1.165, 1.54) is 0 Å². The van der Waals surface area contributed by atoms with E-state index in [-0.39, 0.29) is 5.75 Å². The van der Waals surface area contributed by atoms with Crippen LogP contribution in [0, 0.1) is 0 Å². The summed E-state index contributed by atoms with van der Waals surface area (Å²) in [4.78, 5) is 0.343. The molecule has 0 unspecified atom stereocenters. The fraction of sp³-hybridized carbons (Fsp3) is 0.500. The highest BCUT2D eigenvalue weighted by molar-refractivity contribution is 7.91. The molecule has 1 fully saturated rings. The van der Waals surface area contributed by atoms with Crippen molar-refractivity contribution in [3.63, 3.8) is 0 Å². The van der Waals surface area contributed by atoms with E-state index in [4.69, 9.17) is 9.47 Å². The first kappa shape index (κ1) is 12.5. The molecule has 1 aromatic carbocycles. The summed E-state index contributed by atoms with van der Waals surface area (Å²) in [6.07, 6.45) is 0.190. The summed E-state index contributed by atoms with van der Waals surface area (Å²) in [6, 6.07) is 6.80. The molecule has 0 spiro atoms. The quantitative estimate of drug-likeness (QED) is 0.825. The SMILES string of the molecule is CCCS(=O)(=O)c1cccc(C2OCCO2)c1. The topological polar surface area (TPSA) is 52.6 Å². The van der Waals surface area contributed by atoms with E-state index in [2.05, 4.69) is 0 Å². The Morgan fingerprint density at radius 2 is 2.00 bits per heavy atom. The fourth-order valence-corrected chi connectivity index (χ4v) is 3.17. The molecule has 94 valence electrons. The van der Waals surface area contributed by atoms with Gasteiger partial charge < -0.3 is 9.47 Å². The average molecular weight is 256 g/mol. The van der Waals surface area contributed by atoms with Crippen LogP contribution in [-0.4, -0.2) is 27.4 Å². The largest absolute Gasteiger partial charge is 0.346 e. The molecule has 17 heavy (non-hydrogen) atoms.